The monoisotopic (exact) mass is 365 g/mol. The van der Waals surface area contributed by atoms with E-state index < -0.39 is 0 Å². The highest BCUT2D eigenvalue weighted by atomic mass is 16.3. The summed E-state index contributed by atoms with van der Waals surface area (Å²) < 4.78 is 7.67. The van der Waals surface area contributed by atoms with Gasteiger partial charge in [0.2, 0.25) is 0 Å². The minimum Gasteiger partial charge on any atom is -0.463 e. The van der Waals surface area contributed by atoms with E-state index in [0.717, 1.165) is 68.9 Å². The number of furan rings is 1. The van der Waals surface area contributed by atoms with Gasteiger partial charge in [-0.15, -0.1) is 0 Å². The zero-order chi connectivity index (χ0) is 18.6. The summed E-state index contributed by atoms with van der Waals surface area (Å²) in [4.78, 5) is 17.6. The van der Waals surface area contributed by atoms with Gasteiger partial charge in [-0.2, -0.15) is 0 Å². The van der Waals surface area contributed by atoms with Crippen LogP contribution in [0.2, 0.25) is 0 Å². The van der Waals surface area contributed by atoms with Crippen molar-refractivity contribution in [1.82, 2.24) is 14.4 Å². The molecule has 0 aliphatic carbocycles. The summed E-state index contributed by atoms with van der Waals surface area (Å²) in [6.45, 7) is 7.33. The molecule has 1 aliphatic heterocycles. The van der Waals surface area contributed by atoms with Crippen molar-refractivity contribution in [2.24, 2.45) is 0 Å². The highest BCUT2D eigenvalue weighted by molar-refractivity contribution is 5.97. The first-order valence-corrected chi connectivity index (χ1v) is 9.88. The number of carbonyl (C=O) groups excluding carboxylic acids is 1. The molecule has 142 valence electrons. The first-order chi connectivity index (χ1) is 13.3. The highest BCUT2D eigenvalue weighted by Gasteiger charge is 2.25. The minimum absolute atomic E-state index is 0.122. The zero-order valence-corrected chi connectivity index (χ0v) is 15.9. The van der Waals surface area contributed by atoms with Crippen LogP contribution in [0.4, 0.5) is 0 Å². The van der Waals surface area contributed by atoms with Gasteiger partial charge in [-0.3, -0.25) is 9.69 Å². The second kappa shape index (κ2) is 8.01. The molecule has 27 heavy (non-hydrogen) atoms. The fraction of sp³-hybridized carbons (Fsp3) is 0.409. The number of benzene rings is 1. The summed E-state index contributed by atoms with van der Waals surface area (Å²) in [7, 11) is 0. The number of aromatic nitrogens is 1. The van der Waals surface area contributed by atoms with E-state index in [4.69, 9.17) is 4.42 Å². The molecule has 2 aromatic heterocycles. The Morgan fingerprint density at radius 2 is 1.85 bits per heavy atom. The number of rotatable bonds is 6. The van der Waals surface area contributed by atoms with Gasteiger partial charge in [0.05, 0.1) is 11.8 Å². The second-order valence-corrected chi connectivity index (χ2v) is 7.26. The number of piperazine rings is 1. The number of hydrogen-bond donors (Lipinski definition) is 0. The molecule has 4 rings (SSSR count). The lowest BCUT2D eigenvalue weighted by Crippen LogP contribution is -2.48. The molecule has 0 unspecified atom stereocenters. The van der Waals surface area contributed by atoms with Crippen LogP contribution >= 0.6 is 0 Å². The largest absolute Gasteiger partial charge is 0.463 e. The van der Waals surface area contributed by atoms with E-state index in [-0.39, 0.29) is 5.91 Å². The Bertz CT molecular complexity index is 889. The predicted molar refractivity (Wildman–Crippen MR) is 107 cm³/mol. The topological polar surface area (TPSA) is 41.6 Å². The van der Waals surface area contributed by atoms with Crippen LogP contribution in [0, 0.1) is 0 Å². The predicted octanol–water partition coefficient (Wildman–Crippen LogP) is 3.99. The van der Waals surface area contributed by atoms with Gasteiger partial charge in [-0.05, 0) is 12.0 Å². The van der Waals surface area contributed by atoms with Crippen molar-refractivity contribution < 1.29 is 9.21 Å². The Morgan fingerprint density at radius 3 is 2.59 bits per heavy atom. The number of nitrogens with zero attached hydrogens (tertiary/aromatic N) is 3. The fourth-order valence-corrected chi connectivity index (χ4v) is 3.82. The Morgan fingerprint density at radius 1 is 1.07 bits per heavy atom. The average molecular weight is 365 g/mol. The number of amides is 1. The molecule has 3 aromatic rings. The minimum atomic E-state index is 0.122. The average Bonchev–Trinajstić information content (AvgIpc) is 3.29. The SMILES string of the molecule is CCCCn1c(C(=O)N2CCN(Cc3ccccc3)CC2)cc2occc21. The third-order valence-electron chi connectivity index (χ3n) is 5.39. The van der Waals surface area contributed by atoms with Gasteiger partial charge in [0.15, 0.2) is 5.58 Å². The molecule has 1 amide bonds. The molecule has 1 fully saturated rings. The third kappa shape index (κ3) is 3.78. The molecule has 1 aromatic carbocycles. The maximum atomic E-state index is 13.2. The molecule has 0 bridgehead atoms. The van der Waals surface area contributed by atoms with E-state index in [1.165, 1.54) is 5.56 Å². The highest BCUT2D eigenvalue weighted by Crippen LogP contribution is 2.23. The molecule has 5 nitrogen and oxygen atoms in total. The van der Waals surface area contributed by atoms with Gasteiger partial charge < -0.3 is 13.9 Å². The van der Waals surface area contributed by atoms with Crippen molar-refractivity contribution in [3.63, 3.8) is 0 Å². The molecule has 0 saturated carbocycles. The third-order valence-corrected chi connectivity index (χ3v) is 5.39. The van der Waals surface area contributed by atoms with Crippen molar-refractivity contribution in [3.8, 4) is 0 Å². The lowest BCUT2D eigenvalue weighted by Gasteiger charge is -2.35. The quantitative estimate of drug-likeness (QED) is 0.663. The Balaban J connectivity index is 1.43. The Kier molecular flexibility index (Phi) is 5.30. The zero-order valence-electron chi connectivity index (χ0n) is 15.9. The lowest BCUT2D eigenvalue weighted by molar-refractivity contribution is 0.0618. The number of hydrogen-bond acceptors (Lipinski definition) is 3. The van der Waals surface area contributed by atoms with Gasteiger partial charge in [0.25, 0.3) is 5.91 Å². The second-order valence-electron chi connectivity index (χ2n) is 7.26. The van der Waals surface area contributed by atoms with Gasteiger partial charge >= 0.3 is 0 Å². The number of fused-ring (bicyclic) bond motifs is 1. The van der Waals surface area contributed by atoms with Crippen molar-refractivity contribution in [1.29, 1.82) is 0 Å². The van der Waals surface area contributed by atoms with Gasteiger partial charge in [0.1, 0.15) is 5.69 Å². The summed E-state index contributed by atoms with van der Waals surface area (Å²) in [6.07, 6.45) is 3.85. The first kappa shape index (κ1) is 17.9. The molecular formula is C22H27N3O2. The first-order valence-electron chi connectivity index (χ1n) is 9.88. The normalized spacial score (nSPS) is 15.5. The van der Waals surface area contributed by atoms with Crippen molar-refractivity contribution in [2.75, 3.05) is 26.2 Å². The standard InChI is InChI=1S/C22H27N3O2/c1-2-3-10-25-19-9-15-27-21(19)16-20(25)22(26)24-13-11-23(12-14-24)17-18-7-5-4-6-8-18/h4-9,15-16H,2-3,10-14,17H2,1H3. The number of aryl methyl sites for hydroxylation is 1. The van der Waals surface area contributed by atoms with Crippen LogP contribution in [0.15, 0.2) is 53.1 Å². The Labute approximate surface area is 160 Å². The van der Waals surface area contributed by atoms with Crippen LogP contribution in [0.25, 0.3) is 11.1 Å². The summed E-state index contributed by atoms with van der Waals surface area (Å²) in [5.41, 5.74) is 3.91. The van der Waals surface area contributed by atoms with Crippen LogP contribution in [0.3, 0.4) is 0 Å². The van der Waals surface area contributed by atoms with Crippen molar-refractivity contribution >= 4 is 17.0 Å². The molecule has 0 atom stereocenters. The Hall–Kier alpha value is -2.53. The maximum Gasteiger partial charge on any atom is 0.270 e. The van der Waals surface area contributed by atoms with Crippen LogP contribution in [0.1, 0.15) is 35.8 Å². The van der Waals surface area contributed by atoms with E-state index in [0.29, 0.717) is 0 Å². The summed E-state index contributed by atoms with van der Waals surface area (Å²) in [5.74, 6) is 0.122. The van der Waals surface area contributed by atoms with Crippen molar-refractivity contribution in [2.45, 2.75) is 32.9 Å². The van der Waals surface area contributed by atoms with E-state index in [1.54, 1.807) is 6.26 Å². The van der Waals surface area contributed by atoms with E-state index >= 15 is 0 Å². The van der Waals surface area contributed by atoms with Crippen molar-refractivity contribution in [3.05, 3.63) is 60.0 Å². The van der Waals surface area contributed by atoms with Crippen LogP contribution in [-0.2, 0) is 13.1 Å². The number of carbonyl (C=O) groups is 1. The van der Waals surface area contributed by atoms with Gasteiger partial charge in [-0.25, -0.2) is 0 Å². The molecule has 0 spiro atoms. The van der Waals surface area contributed by atoms with Crippen LogP contribution < -0.4 is 0 Å². The maximum absolute atomic E-state index is 13.2. The molecule has 3 heterocycles. The molecule has 1 aliphatic rings. The summed E-state index contributed by atoms with van der Waals surface area (Å²) >= 11 is 0. The van der Waals surface area contributed by atoms with Crippen LogP contribution in [-0.4, -0.2) is 46.5 Å². The molecule has 0 N–H and O–H groups in total. The number of unbranched alkanes of at least 4 members (excludes halogenated alkanes) is 1. The van der Waals surface area contributed by atoms with E-state index in [9.17, 15) is 4.79 Å². The van der Waals surface area contributed by atoms with Gasteiger partial charge in [0, 0.05) is 51.4 Å². The molecular weight excluding hydrogens is 338 g/mol. The molecule has 1 saturated heterocycles. The summed E-state index contributed by atoms with van der Waals surface area (Å²) in [6, 6.07) is 14.4. The summed E-state index contributed by atoms with van der Waals surface area (Å²) in [5, 5.41) is 0. The van der Waals surface area contributed by atoms with Crippen LogP contribution in [0.5, 0.6) is 0 Å². The fourth-order valence-electron chi connectivity index (χ4n) is 3.82. The van der Waals surface area contributed by atoms with E-state index in [2.05, 4.69) is 40.7 Å². The van der Waals surface area contributed by atoms with Gasteiger partial charge in [-0.1, -0.05) is 43.7 Å². The smallest absolute Gasteiger partial charge is 0.270 e. The molecule has 5 heteroatoms. The lowest BCUT2D eigenvalue weighted by atomic mass is 10.2. The van der Waals surface area contributed by atoms with E-state index in [1.807, 2.05) is 23.1 Å². The molecule has 0 radical (unpaired) electrons.